The van der Waals surface area contributed by atoms with E-state index in [0.717, 1.165) is 25.0 Å². The molecule has 0 spiro atoms. The molecule has 0 saturated heterocycles. The Morgan fingerprint density at radius 1 is 1.25 bits per heavy atom. The molecule has 0 saturated carbocycles. The van der Waals surface area contributed by atoms with Gasteiger partial charge in [0.15, 0.2) is 17.3 Å². The number of esters is 1. The third-order valence-corrected chi connectivity index (χ3v) is 3.93. The topological polar surface area (TPSA) is 94.0 Å². The summed E-state index contributed by atoms with van der Waals surface area (Å²) in [7, 11) is 1.71. The molecule has 1 aromatic carbocycles. The van der Waals surface area contributed by atoms with Crippen LogP contribution >= 0.6 is 0 Å². The van der Waals surface area contributed by atoms with E-state index in [1.165, 1.54) is 10.7 Å². The minimum Gasteiger partial charge on any atom is -0.464 e. The highest BCUT2D eigenvalue weighted by Crippen LogP contribution is 2.23. The van der Waals surface area contributed by atoms with Crippen LogP contribution in [0, 0.1) is 11.6 Å². The number of carbonyl (C=O) groups is 1. The van der Waals surface area contributed by atoms with Gasteiger partial charge in [0, 0.05) is 18.8 Å². The van der Waals surface area contributed by atoms with Crippen molar-refractivity contribution in [2.75, 3.05) is 23.8 Å². The number of hydrogen-bond donors (Lipinski definition) is 2. The molecule has 0 fully saturated rings. The van der Waals surface area contributed by atoms with E-state index in [1.54, 1.807) is 13.2 Å². The van der Waals surface area contributed by atoms with Crippen molar-refractivity contribution in [3.8, 4) is 0 Å². The minimum absolute atomic E-state index is 0.0741. The lowest BCUT2D eigenvalue weighted by Crippen LogP contribution is -2.18. The minimum atomic E-state index is -0.986. The van der Waals surface area contributed by atoms with Crippen molar-refractivity contribution in [3.05, 3.63) is 36.0 Å². The molecule has 148 valence electrons. The van der Waals surface area contributed by atoms with Gasteiger partial charge in [-0.15, -0.1) is 0 Å². The molecular weight excluding hydrogens is 370 g/mol. The summed E-state index contributed by atoms with van der Waals surface area (Å²) in [5.74, 6) is -1.82. The van der Waals surface area contributed by atoms with E-state index in [1.807, 2.05) is 6.92 Å². The van der Waals surface area contributed by atoms with E-state index < -0.39 is 17.6 Å². The number of anilines is 3. The summed E-state index contributed by atoms with van der Waals surface area (Å²) in [6, 6.07) is 3.38. The van der Waals surface area contributed by atoms with E-state index in [0.29, 0.717) is 23.5 Å². The van der Waals surface area contributed by atoms with Gasteiger partial charge in [-0.3, -0.25) is 9.48 Å². The molecule has 3 aromatic rings. The van der Waals surface area contributed by atoms with Gasteiger partial charge in [-0.1, -0.05) is 13.3 Å². The number of hydrogen-bond acceptors (Lipinski definition) is 7. The number of carbonyl (C=O) groups excluding carboxylic acids is 1. The number of nitrogens with one attached hydrogen (secondary N) is 2. The van der Waals surface area contributed by atoms with Crippen molar-refractivity contribution < 1.29 is 18.3 Å². The van der Waals surface area contributed by atoms with E-state index in [9.17, 15) is 13.6 Å². The first-order valence-electron chi connectivity index (χ1n) is 8.79. The van der Waals surface area contributed by atoms with Crippen molar-refractivity contribution in [2.24, 2.45) is 7.05 Å². The van der Waals surface area contributed by atoms with Crippen LogP contribution in [0.15, 0.2) is 24.4 Å². The Bertz CT molecular complexity index is 992. The summed E-state index contributed by atoms with van der Waals surface area (Å²) < 4.78 is 33.2. The second kappa shape index (κ2) is 8.59. The number of aryl methyl sites for hydroxylation is 1. The molecule has 2 heterocycles. The average Bonchev–Trinajstić information content (AvgIpc) is 3.04. The second-order valence-corrected chi connectivity index (χ2v) is 6.08. The van der Waals surface area contributed by atoms with Crippen LogP contribution in [0.3, 0.4) is 0 Å². The molecule has 0 atom stereocenters. The summed E-state index contributed by atoms with van der Waals surface area (Å²) in [4.78, 5) is 20.5. The van der Waals surface area contributed by atoms with Crippen molar-refractivity contribution in [1.29, 1.82) is 0 Å². The Morgan fingerprint density at radius 3 is 2.82 bits per heavy atom. The lowest BCUT2D eigenvalue weighted by molar-refractivity contribution is -0.141. The smallest absolute Gasteiger partial charge is 0.325 e. The zero-order chi connectivity index (χ0) is 20.1. The molecule has 0 aliphatic heterocycles. The maximum Gasteiger partial charge on any atom is 0.325 e. The van der Waals surface area contributed by atoms with Crippen LogP contribution in [0.2, 0.25) is 0 Å². The standard InChI is InChI=1S/C18H20F2N6O2/c1-3-4-7-28-15(27)10-21-16-12-9-22-26(2)17(12)25-18(24-16)23-11-5-6-13(19)14(20)8-11/h5-6,8-9H,3-4,7,10H2,1-2H3,(H2,21,23,24,25). The zero-order valence-corrected chi connectivity index (χ0v) is 15.5. The fourth-order valence-electron chi connectivity index (χ4n) is 2.45. The monoisotopic (exact) mass is 390 g/mol. The predicted octanol–water partition coefficient (Wildman–Crippen LogP) is 3.14. The van der Waals surface area contributed by atoms with Gasteiger partial charge >= 0.3 is 5.97 Å². The molecule has 0 amide bonds. The predicted molar refractivity (Wildman–Crippen MR) is 100 cm³/mol. The van der Waals surface area contributed by atoms with Crippen LogP contribution in [0.5, 0.6) is 0 Å². The first-order chi connectivity index (χ1) is 13.5. The number of aromatic nitrogens is 4. The lowest BCUT2D eigenvalue weighted by Gasteiger charge is -2.10. The van der Waals surface area contributed by atoms with Crippen molar-refractivity contribution in [3.63, 3.8) is 0 Å². The maximum atomic E-state index is 13.4. The Hall–Kier alpha value is -3.30. The third kappa shape index (κ3) is 4.51. The van der Waals surface area contributed by atoms with Gasteiger partial charge in [-0.2, -0.15) is 15.1 Å². The van der Waals surface area contributed by atoms with Gasteiger partial charge in [-0.05, 0) is 18.6 Å². The molecule has 0 radical (unpaired) electrons. The number of ether oxygens (including phenoxy) is 1. The third-order valence-electron chi connectivity index (χ3n) is 3.93. The molecule has 3 rings (SSSR count). The highest BCUT2D eigenvalue weighted by molar-refractivity contribution is 5.89. The highest BCUT2D eigenvalue weighted by atomic mass is 19.2. The molecular formula is C18H20F2N6O2. The highest BCUT2D eigenvalue weighted by Gasteiger charge is 2.14. The van der Waals surface area contributed by atoms with Crippen LogP contribution in [-0.2, 0) is 16.6 Å². The van der Waals surface area contributed by atoms with E-state index in [4.69, 9.17) is 4.74 Å². The van der Waals surface area contributed by atoms with Gasteiger partial charge in [0.1, 0.15) is 12.4 Å². The summed E-state index contributed by atoms with van der Waals surface area (Å²) >= 11 is 0. The Labute approximate surface area is 159 Å². The Balaban J connectivity index is 1.81. The second-order valence-electron chi connectivity index (χ2n) is 6.08. The van der Waals surface area contributed by atoms with Crippen molar-refractivity contribution in [2.45, 2.75) is 19.8 Å². The number of rotatable bonds is 8. The molecule has 0 unspecified atom stereocenters. The van der Waals surface area contributed by atoms with Crippen LogP contribution in [0.25, 0.3) is 11.0 Å². The number of halogens is 2. The molecule has 0 aliphatic rings. The van der Waals surface area contributed by atoms with Gasteiger partial charge < -0.3 is 15.4 Å². The summed E-state index contributed by atoms with van der Waals surface area (Å²) in [5, 5.41) is 10.5. The number of fused-ring (bicyclic) bond motifs is 1. The van der Waals surface area contributed by atoms with Gasteiger partial charge in [0.05, 0.1) is 18.2 Å². The molecule has 28 heavy (non-hydrogen) atoms. The number of benzene rings is 1. The first-order valence-corrected chi connectivity index (χ1v) is 8.79. The summed E-state index contributed by atoms with van der Waals surface area (Å²) in [6.07, 6.45) is 3.30. The summed E-state index contributed by atoms with van der Waals surface area (Å²) in [5.41, 5.74) is 0.785. The van der Waals surface area contributed by atoms with E-state index in [-0.39, 0.29) is 18.2 Å². The maximum absolute atomic E-state index is 13.4. The van der Waals surface area contributed by atoms with E-state index >= 15 is 0 Å². The van der Waals surface area contributed by atoms with Crippen LogP contribution < -0.4 is 10.6 Å². The van der Waals surface area contributed by atoms with Gasteiger partial charge in [0.2, 0.25) is 5.95 Å². The van der Waals surface area contributed by atoms with Crippen LogP contribution in [0.1, 0.15) is 19.8 Å². The molecule has 2 aromatic heterocycles. The quantitative estimate of drug-likeness (QED) is 0.451. The van der Waals surface area contributed by atoms with Gasteiger partial charge in [0.25, 0.3) is 0 Å². The van der Waals surface area contributed by atoms with Crippen LogP contribution in [-0.4, -0.2) is 38.9 Å². The normalized spacial score (nSPS) is 10.9. The van der Waals surface area contributed by atoms with Crippen molar-refractivity contribution in [1.82, 2.24) is 19.7 Å². The van der Waals surface area contributed by atoms with E-state index in [2.05, 4.69) is 25.7 Å². The van der Waals surface area contributed by atoms with Gasteiger partial charge in [-0.25, -0.2) is 8.78 Å². The fraction of sp³-hybridized carbons (Fsp3) is 0.333. The number of nitrogens with zero attached hydrogens (tertiary/aromatic N) is 4. The summed E-state index contributed by atoms with van der Waals surface area (Å²) in [6.45, 7) is 2.30. The Morgan fingerprint density at radius 2 is 2.07 bits per heavy atom. The zero-order valence-electron chi connectivity index (χ0n) is 15.5. The molecule has 0 bridgehead atoms. The SMILES string of the molecule is CCCCOC(=O)CNc1nc(Nc2ccc(F)c(F)c2)nc2c1cnn2C. The Kier molecular flexibility index (Phi) is 5.97. The fourth-order valence-corrected chi connectivity index (χ4v) is 2.45. The lowest BCUT2D eigenvalue weighted by atomic mass is 10.3. The largest absolute Gasteiger partial charge is 0.464 e. The molecule has 8 nitrogen and oxygen atoms in total. The molecule has 2 N–H and O–H groups in total. The molecule has 10 heteroatoms. The molecule has 0 aliphatic carbocycles. The van der Waals surface area contributed by atoms with Crippen LogP contribution in [0.4, 0.5) is 26.2 Å². The number of unbranched alkanes of at least 4 members (excludes halogenated alkanes) is 1. The average molecular weight is 390 g/mol. The van der Waals surface area contributed by atoms with Crippen molar-refractivity contribution >= 4 is 34.5 Å². The first kappa shape index (κ1) is 19.5.